The van der Waals surface area contributed by atoms with Crippen molar-refractivity contribution in [1.82, 2.24) is 5.32 Å². The minimum absolute atomic E-state index is 0.357. The normalized spacial score (nSPS) is 10.6. The Labute approximate surface area is 155 Å². The Balaban J connectivity index is 1.61. The van der Waals surface area contributed by atoms with Crippen LogP contribution in [0.3, 0.4) is 0 Å². The molecule has 3 rings (SSSR count). The summed E-state index contributed by atoms with van der Waals surface area (Å²) in [6.45, 7) is 2.57. The molecule has 6 heteroatoms. The van der Waals surface area contributed by atoms with E-state index in [9.17, 15) is 4.79 Å². The van der Waals surface area contributed by atoms with Gasteiger partial charge in [0.1, 0.15) is 5.58 Å². The van der Waals surface area contributed by atoms with Crippen LogP contribution in [-0.2, 0) is 6.42 Å². The number of hydrogen-bond donors (Lipinski definition) is 2. The van der Waals surface area contributed by atoms with Crippen molar-refractivity contribution in [3.8, 4) is 0 Å². The van der Waals surface area contributed by atoms with E-state index in [1.54, 1.807) is 6.07 Å². The van der Waals surface area contributed by atoms with Crippen molar-refractivity contribution >= 4 is 45.6 Å². The smallest absolute Gasteiger partial charge is 0.336 e. The fourth-order valence-electron chi connectivity index (χ4n) is 2.59. The van der Waals surface area contributed by atoms with Crippen molar-refractivity contribution in [3.05, 3.63) is 75.1 Å². The van der Waals surface area contributed by atoms with Gasteiger partial charge in [-0.1, -0.05) is 23.7 Å². The molecule has 0 spiro atoms. The molecule has 0 amide bonds. The average molecular weight is 373 g/mol. The van der Waals surface area contributed by atoms with Crippen LogP contribution in [0, 0.1) is 6.92 Å². The van der Waals surface area contributed by atoms with Gasteiger partial charge in [-0.15, -0.1) is 0 Å². The highest BCUT2D eigenvalue weighted by molar-refractivity contribution is 7.80. The quantitative estimate of drug-likeness (QED) is 0.528. The first-order chi connectivity index (χ1) is 12.0. The van der Waals surface area contributed by atoms with Gasteiger partial charge in [0, 0.05) is 34.8 Å². The molecule has 0 saturated heterocycles. The highest BCUT2D eigenvalue weighted by Gasteiger charge is 2.05. The fourth-order valence-corrected chi connectivity index (χ4v) is 3.02. The number of nitrogens with one attached hydrogen (secondary N) is 2. The third-order valence-corrected chi connectivity index (χ3v) is 4.28. The van der Waals surface area contributed by atoms with Crippen molar-refractivity contribution in [3.63, 3.8) is 0 Å². The lowest BCUT2D eigenvalue weighted by molar-refractivity contribution is 0.560. The van der Waals surface area contributed by atoms with Crippen LogP contribution in [-0.4, -0.2) is 11.7 Å². The number of fused-ring (bicyclic) bond motifs is 1. The van der Waals surface area contributed by atoms with Gasteiger partial charge in [0.2, 0.25) is 0 Å². The summed E-state index contributed by atoms with van der Waals surface area (Å²) in [4.78, 5) is 11.5. The molecule has 2 aromatic carbocycles. The van der Waals surface area contributed by atoms with Gasteiger partial charge in [-0.25, -0.2) is 4.79 Å². The monoisotopic (exact) mass is 372 g/mol. The van der Waals surface area contributed by atoms with Crippen molar-refractivity contribution in [2.75, 3.05) is 11.9 Å². The van der Waals surface area contributed by atoms with Crippen LogP contribution in [0.2, 0.25) is 5.02 Å². The van der Waals surface area contributed by atoms with E-state index in [0.29, 0.717) is 17.2 Å². The van der Waals surface area contributed by atoms with Gasteiger partial charge in [0.15, 0.2) is 5.11 Å². The molecule has 0 atom stereocenters. The molecule has 128 valence electrons. The van der Waals surface area contributed by atoms with Crippen LogP contribution in [0.4, 0.5) is 5.69 Å². The Bertz CT molecular complexity index is 985. The number of anilines is 1. The first-order valence-corrected chi connectivity index (χ1v) is 8.64. The van der Waals surface area contributed by atoms with Gasteiger partial charge in [-0.3, -0.25) is 0 Å². The van der Waals surface area contributed by atoms with Gasteiger partial charge in [-0.05, 0) is 61.0 Å². The molecule has 3 aromatic rings. The van der Waals surface area contributed by atoms with E-state index in [1.807, 2.05) is 43.3 Å². The highest BCUT2D eigenvalue weighted by Crippen LogP contribution is 2.20. The number of aryl methyl sites for hydroxylation is 1. The molecule has 0 aliphatic heterocycles. The van der Waals surface area contributed by atoms with Crippen molar-refractivity contribution < 1.29 is 4.42 Å². The minimum Gasteiger partial charge on any atom is -0.423 e. The Hall–Kier alpha value is -2.37. The summed E-state index contributed by atoms with van der Waals surface area (Å²) >= 11 is 11.3. The summed E-state index contributed by atoms with van der Waals surface area (Å²) in [5.41, 5.74) is 2.98. The fraction of sp³-hybridized carbons (Fsp3) is 0.158. The second-order valence-electron chi connectivity index (χ2n) is 5.72. The van der Waals surface area contributed by atoms with E-state index < -0.39 is 0 Å². The third kappa shape index (κ3) is 4.59. The van der Waals surface area contributed by atoms with Crippen molar-refractivity contribution in [1.29, 1.82) is 0 Å². The van der Waals surface area contributed by atoms with Crippen molar-refractivity contribution in [2.45, 2.75) is 13.3 Å². The molecule has 0 unspecified atom stereocenters. The predicted octanol–water partition coefficient (Wildman–Crippen LogP) is 4.28. The molecule has 4 nitrogen and oxygen atoms in total. The Morgan fingerprint density at radius 1 is 1.20 bits per heavy atom. The second-order valence-corrected chi connectivity index (χ2v) is 6.56. The predicted molar refractivity (Wildman–Crippen MR) is 107 cm³/mol. The maximum atomic E-state index is 11.5. The maximum Gasteiger partial charge on any atom is 0.336 e. The molecular weight excluding hydrogens is 356 g/mol. The average Bonchev–Trinajstić information content (AvgIpc) is 2.54. The standard InChI is InChI=1S/C19H17ClN2O2S/c1-12-9-18(23)24-17-11-15(5-6-16(12)17)22-19(25)21-8-7-13-3-2-4-14(20)10-13/h2-6,9-11H,7-8H2,1H3,(H2,21,22,25). The Kier molecular flexibility index (Phi) is 5.36. The van der Waals surface area contributed by atoms with E-state index in [-0.39, 0.29) is 5.63 Å². The molecular formula is C19H17ClN2O2S. The molecule has 2 N–H and O–H groups in total. The van der Waals surface area contributed by atoms with Crippen molar-refractivity contribution in [2.24, 2.45) is 0 Å². The lowest BCUT2D eigenvalue weighted by Gasteiger charge is -2.11. The zero-order valence-electron chi connectivity index (χ0n) is 13.6. The first-order valence-electron chi connectivity index (χ1n) is 7.85. The largest absolute Gasteiger partial charge is 0.423 e. The molecule has 0 aliphatic rings. The van der Waals surface area contributed by atoms with Gasteiger partial charge in [-0.2, -0.15) is 0 Å². The number of benzene rings is 2. The van der Waals surface area contributed by atoms with Crippen LogP contribution in [0.15, 0.2) is 57.7 Å². The summed E-state index contributed by atoms with van der Waals surface area (Å²) in [5, 5.41) is 8.40. The zero-order chi connectivity index (χ0) is 17.8. The van der Waals surface area contributed by atoms with E-state index in [4.69, 9.17) is 28.2 Å². The maximum absolute atomic E-state index is 11.5. The number of halogens is 1. The SMILES string of the molecule is Cc1cc(=O)oc2cc(NC(=S)NCCc3cccc(Cl)c3)ccc12. The van der Waals surface area contributed by atoms with Gasteiger partial charge in [0.25, 0.3) is 0 Å². The Morgan fingerprint density at radius 2 is 2.04 bits per heavy atom. The molecule has 0 fully saturated rings. The number of rotatable bonds is 4. The van der Waals surface area contributed by atoms with E-state index >= 15 is 0 Å². The second kappa shape index (κ2) is 7.68. The Morgan fingerprint density at radius 3 is 2.84 bits per heavy atom. The molecule has 0 aliphatic carbocycles. The van der Waals surface area contributed by atoms with Crippen LogP contribution < -0.4 is 16.3 Å². The van der Waals surface area contributed by atoms with Crippen LogP contribution in [0.25, 0.3) is 11.0 Å². The van der Waals surface area contributed by atoms with Crippen LogP contribution in [0.1, 0.15) is 11.1 Å². The lowest BCUT2D eigenvalue weighted by atomic mass is 10.1. The topological polar surface area (TPSA) is 54.3 Å². The highest BCUT2D eigenvalue weighted by atomic mass is 35.5. The molecule has 1 heterocycles. The molecule has 0 radical (unpaired) electrons. The van der Waals surface area contributed by atoms with E-state index in [0.717, 1.165) is 33.6 Å². The first kappa shape index (κ1) is 17.5. The summed E-state index contributed by atoms with van der Waals surface area (Å²) in [5.74, 6) is 0. The van der Waals surface area contributed by atoms with E-state index in [2.05, 4.69) is 10.6 Å². The summed E-state index contributed by atoms with van der Waals surface area (Å²) in [6.07, 6.45) is 0.814. The number of hydrogen-bond acceptors (Lipinski definition) is 3. The van der Waals surface area contributed by atoms with Gasteiger partial charge >= 0.3 is 5.63 Å². The number of thiocarbonyl (C=S) groups is 1. The van der Waals surface area contributed by atoms with Crippen LogP contribution in [0.5, 0.6) is 0 Å². The van der Waals surface area contributed by atoms with Gasteiger partial charge in [0.05, 0.1) is 0 Å². The summed E-state index contributed by atoms with van der Waals surface area (Å²) in [6, 6.07) is 14.8. The molecule has 25 heavy (non-hydrogen) atoms. The minimum atomic E-state index is -0.357. The lowest BCUT2D eigenvalue weighted by Crippen LogP contribution is -2.30. The van der Waals surface area contributed by atoms with E-state index in [1.165, 1.54) is 6.07 Å². The third-order valence-electron chi connectivity index (χ3n) is 3.80. The molecule has 0 bridgehead atoms. The zero-order valence-corrected chi connectivity index (χ0v) is 15.2. The van der Waals surface area contributed by atoms with Gasteiger partial charge < -0.3 is 15.1 Å². The molecule has 1 aromatic heterocycles. The molecule has 0 saturated carbocycles. The van der Waals surface area contributed by atoms with Crippen LogP contribution >= 0.6 is 23.8 Å². The summed E-state index contributed by atoms with van der Waals surface area (Å²) in [7, 11) is 0. The summed E-state index contributed by atoms with van der Waals surface area (Å²) < 4.78 is 5.24.